The molecule has 0 unspecified atom stereocenters. The number of carbonyl (C=O) groups is 1. The highest BCUT2D eigenvalue weighted by Gasteiger charge is 2.15. The van der Waals surface area contributed by atoms with Gasteiger partial charge in [-0.05, 0) is 6.42 Å². The lowest BCUT2D eigenvalue weighted by atomic mass is 10.2. The highest BCUT2D eigenvalue weighted by Crippen LogP contribution is 2.28. The average molecular weight is 282 g/mol. The molecule has 1 aromatic carbocycles. The summed E-state index contributed by atoms with van der Waals surface area (Å²) in [4.78, 5) is 23.2. The molecule has 0 atom stereocenters. The number of anilines is 1. The molecule has 0 N–H and O–H groups in total. The Morgan fingerprint density at radius 1 is 1.40 bits per heavy atom. The highest BCUT2D eigenvalue weighted by molar-refractivity contribution is 5.76. The summed E-state index contributed by atoms with van der Waals surface area (Å²) in [6.45, 7) is 2.42. The average Bonchev–Trinajstić information content (AvgIpc) is 2.44. The molecule has 0 bridgehead atoms. The van der Waals surface area contributed by atoms with Gasteiger partial charge >= 0.3 is 5.97 Å². The Labute approximate surface area is 117 Å². The summed E-state index contributed by atoms with van der Waals surface area (Å²) in [7, 11) is 2.94. The Kier molecular flexibility index (Phi) is 5.76. The van der Waals surface area contributed by atoms with E-state index in [1.54, 1.807) is 18.0 Å². The molecule has 0 radical (unpaired) electrons. The van der Waals surface area contributed by atoms with Crippen LogP contribution >= 0.6 is 0 Å². The summed E-state index contributed by atoms with van der Waals surface area (Å²) in [6.07, 6.45) is 0.802. The number of ether oxygens (including phenoxy) is 2. The largest absolute Gasteiger partial charge is 0.493 e. The Morgan fingerprint density at radius 3 is 2.65 bits per heavy atom. The molecule has 0 saturated heterocycles. The summed E-state index contributed by atoms with van der Waals surface area (Å²) in [5, 5.41) is 10.9. The molecule has 7 heteroatoms. The van der Waals surface area contributed by atoms with Gasteiger partial charge in [0.15, 0.2) is 0 Å². The van der Waals surface area contributed by atoms with Gasteiger partial charge in [0.1, 0.15) is 12.3 Å². The lowest BCUT2D eigenvalue weighted by molar-refractivity contribution is -0.384. The number of methoxy groups -OCH3 is 1. The first-order valence-corrected chi connectivity index (χ1v) is 6.18. The van der Waals surface area contributed by atoms with Gasteiger partial charge in [0.05, 0.1) is 24.7 Å². The molecule has 0 aliphatic heterocycles. The molecule has 1 rings (SSSR count). The number of nitrogens with zero attached hydrogens (tertiary/aromatic N) is 2. The molecule has 0 aliphatic carbocycles. The van der Waals surface area contributed by atoms with Crippen molar-refractivity contribution in [3.05, 3.63) is 28.3 Å². The normalized spacial score (nSPS) is 9.95. The fourth-order valence-corrected chi connectivity index (χ4v) is 1.55. The first kappa shape index (κ1) is 15.7. The van der Waals surface area contributed by atoms with Crippen LogP contribution in [0.1, 0.15) is 13.3 Å². The summed E-state index contributed by atoms with van der Waals surface area (Å²) < 4.78 is 9.99. The number of likely N-dealkylation sites (N-methyl/N-ethyl adjacent to an activating group) is 1. The van der Waals surface area contributed by atoms with Crippen LogP contribution in [0, 0.1) is 10.1 Å². The SMILES string of the molecule is CCCOc1cc(N(C)CC(=O)OC)cc([N+](=O)[O-])c1. The molecule has 7 nitrogen and oxygen atoms in total. The second kappa shape index (κ2) is 7.32. The van der Waals surface area contributed by atoms with E-state index >= 15 is 0 Å². The van der Waals surface area contributed by atoms with Gasteiger partial charge in [-0.2, -0.15) is 0 Å². The van der Waals surface area contributed by atoms with Crippen LogP contribution in [-0.2, 0) is 9.53 Å². The van der Waals surface area contributed by atoms with E-state index in [4.69, 9.17) is 4.74 Å². The first-order valence-electron chi connectivity index (χ1n) is 6.18. The lowest BCUT2D eigenvalue weighted by Gasteiger charge is -2.18. The van der Waals surface area contributed by atoms with E-state index in [0.717, 1.165) is 6.42 Å². The molecule has 0 saturated carbocycles. The third kappa shape index (κ3) is 4.42. The standard InChI is InChI=1S/C13H18N2O5/c1-4-5-20-12-7-10(6-11(8-12)15(17)18)14(2)9-13(16)19-3/h6-8H,4-5,9H2,1-3H3. The molecule has 1 aromatic rings. The number of esters is 1. The molecule has 0 heterocycles. The van der Waals surface area contributed by atoms with Crippen molar-refractivity contribution >= 4 is 17.3 Å². The van der Waals surface area contributed by atoms with Crippen LogP contribution in [0.2, 0.25) is 0 Å². The topological polar surface area (TPSA) is 81.9 Å². The number of non-ortho nitro benzene ring substituents is 1. The van der Waals surface area contributed by atoms with Gasteiger partial charge in [0.25, 0.3) is 5.69 Å². The second-order valence-electron chi connectivity index (χ2n) is 4.22. The molecule has 0 amide bonds. The van der Waals surface area contributed by atoms with Crippen LogP contribution < -0.4 is 9.64 Å². The number of nitro benzene ring substituents is 1. The first-order chi connectivity index (χ1) is 9.47. The smallest absolute Gasteiger partial charge is 0.325 e. The monoisotopic (exact) mass is 282 g/mol. The van der Waals surface area contributed by atoms with Crippen LogP contribution in [0.4, 0.5) is 11.4 Å². The van der Waals surface area contributed by atoms with Crippen molar-refractivity contribution in [2.75, 3.05) is 32.2 Å². The van der Waals surface area contributed by atoms with Crippen LogP contribution in [-0.4, -0.2) is 38.2 Å². The van der Waals surface area contributed by atoms with Gasteiger partial charge in [0.2, 0.25) is 0 Å². The number of carbonyl (C=O) groups excluding carboxylic acids is 1. The maximum atomic E-state index is 11.2. The quantitative estimate of drug-likeness (QED) is 0.432. The predicted molar refractivity (Wildman–Crippen MR) is 74.2 cm³/mol. The van der Waals surface area contributed by atoms with Gasteiger partial charge < -0.3 is 14.4 Å². The van der Waals surface area contributed by atoms with Crippen molar-refractivity contribution in [2.45, 2.75) is 13.3 Å². The zero-order valence-electron chi connectivity index (χ0n) is 11.8. The van der Waals surface area contributed by atoms with Gasteiger partial charge in [-0.1, -0.05) is 6.92 Å². The second-order valence-corrected chi connectivity index (χ2v) is 4.22. The third-order valence-corrected chi connectivity index (χ3v) is 2.59. The van der Waals surface area contributed by atoms with Gasteiger partial charge in [-0.25, -0.2) is 0 Å². The molecule has 0 fully saturated rings. The van der Waals surface area contributed by atoms with Crippen molar-refractivity contribution in [3.8, 4) is 5.75 Å². The van der Waals surface area contributed by atoms with E-state index in [2.05, 4.69) is 4.74 Å². The number of nitro groups is 1. The minimum absolute atomic E-state index is 0.00485. The molecule has 20 heavy (non-hydrogen) atoms. The third-order valence-electron chi connectivity index (χ3n) is 2.59. The van der Waals surface area contributed by atoms with Crippen molar-refractivity contribution in [1.29, 1.82) is 0 Å². The molecule has 110 valence electrons. The Balaban J connectivity index is 3.01. The minimum Gasteiger partial charge on any atom is -0.493 e. The predicted octanol–water partition coefficient (Wildman–Crippen LogP) is 1.99. The van der Waals surface area contributed by atoms with Crippen molar-refractivity contribution in [3.63, 3.8) is 0 Å². The molecular formula is C13H18N2O5. The van der Waals surface area contributed by atoms with Crippen LogP contribution in [0.3, 0.4) is 0 Å². The van der Waals surface area contributed by atoms with Crippen LogP contribution in [0.25, 0.3) is 0 Å². The maximum Gasteiger partial charge on any atom is 0.325 e. The maximum absolute atomic E-state index is 11.2. The van der Waals surface area contributed by atoms with Crippen molar-refractivity contribution in [1.82, 2.24) is 0 Å². The Hall–Kier alpha value is -2.31. The molecular weight excluding hydrogens is 264 g/mol. The molecule has 0 spiro atoms. The number of hydrogen-bond donors (Lipinski definition) is 0. The van der Waals surface area contributed by atoms with E-state index in [9.17, 15) is 14.9 Å². The van der Waals surface area contributed by atoms with Gasteiger partial charge in [-0.3, -0.25) is 14.9 Å². The van der Waals surface area contributed by atoms with Gasteiger partial charge in [-0.15, -0.1) is 0 Å². The summed E-state index contributed by atoms with van der Waals surface area (Å²) in [5.41, 5.74) is 0.445. The Morgan fingerprint density at radius 2 is 2.10 bits per heavy atom. The Bertz CT molecular complexity index is 490. The van der Waals surface area contributed by atoms with E-state index in [-0.39, 0.29) is 12.2 Å². The molecule has 0 aromatic heterocycles. The molecule has 0 aliphatic rings. The van der Waals surface area contributed by atoms with Crippen molar-refractivity contribution in [2.24, 2.45) is 0 Å². The summed E-state index contributed by atoms with van der Waals surface area (Å²) in [6, 6.07) is 4.42. The fraction of sp³-hybridized carbons (Fsp3) is 0.462. The van der Waals surface area contributed by atoms with Crippen molar-refractivity contribution < 1.29 is 19.2 Å². The summed E-state index contributed by atoms with van der Waals surface area (Å²) >= 11 is 0. The number of benzene rings is 1. The van der Waals surface area contributed by atoms with Gasteiger partial charge in [0, 0.05) is 24.9 Å². The van der Waals surface area contributed by atoms with Crippen LogP contribution in [0.5, 0.6) is 5.75 Å². The number of rotatable bonds is 7. The minimum atomic E-state index is -0.492. The number of hydrogen-bond acceptors (Lipinski definition) is 6. The van der Waals surface area contributed by atoms with Crippen LogP contribution in [0.15, 0.2) is 18.2 Å². The zero-order chi connectivity index (χ0) is 15.1. The summed E-state index contributed by atoms with van der Waals surface area (Å²) in [5.74, 6) is -0.0113. The van der Waals surface area contributed by atoms with E-state index in [1.807, 2.05) is 6.92 Å². The fourth-order valence-electron chi connectivity index (χ4n) is 1.55. The van der Waals surface area contributed by atoms with E-state index in [0.29, 0.717) is 18.0 Å². The lowest BCUT2D eigenvalue weighted by Crippen LogP contribution is -2.26. The highest BCUT2D eigenvalue weighted by atomic mass is 16.6. The van der Waals surface area contributed by atoms with E-state index < -0.39 is 10.9 Å². The van der Waals surface area contributed by atoms with E-state index in [1.165, 1.54) is 19.2 Å². The zero-order valence-corrected chi connectivity index (χ0v) is 11.8.